The van der Waals surface area contributed by atoms with Gasteiger partial charge in [-0.15, -0.1) is 40.5 Å². The largest absolute Gasteiger partial charge is 0.512 e. The maximum absolute atomic E-state index is 12.2. The van der Waals surface area contributed by atoms with Gasteiger partial charge in [0.25, 0.3) is 0 Å². The second-order valence-electron chi connectivity index (χ2n) is 17.4. The van der Waals surface area contributed by atoms with Gasteiger partial charge in [0.05, 0.1) is 0 Å². The summed E-state index contributed by atoms with van der Waals surface area (Å²) in [4.78, 5) is 18.5. The van der Waals surface area contributed by atoms with Crippen molar-refractivity contribution in [2.45, 2.75) is 128 Å². The standard InChI is InChI=1S/C35H34NOS.C15H28O2.Ir/c1-20(2)16-30-21(3)26-13-12-24(19-31(26)38-30)34-22(4)32-29(37-34)14-15-36-33(32)25-17-23-10-8-9-11-27(23)28(18-25)35(5,6)7;1-7-14(5,8-2)12(16)11-13(17)15(6,9-3)10-4;/h8-15,18-20H,16H2,1-7H3;11,16H,7-10H2,1-6H3;/q-1;;/b;12-11-;. The van der Waals surface area contributed by atoms with Gasteiger partial charge in [0.15, 0.2) is 5.78 Å². The zero-order chi connectivity index (χ0) is 40.5. The number of aryl methyl sites for hydroxylation is 2. The molecule has 0 atom stereocenters. The van der Waals surface area contributed by atoms with Crippen molar-refractivity contribution >= 4 is 48.9 Å². The smallest absolute Gasteiger partial charge is 0.164 e. The van der Waals surface area contributed by atoms with Crippen molar-refractivity contribution < 1.29 is 34.4 Å². The zero-order valence-electron chi connectivity index (χ0n) is 35.9. The molecule has 3 heterocycles. The van der Waals surface area contributed by atoms with Crippen molar-refractivity contribution in [1.29, 1.82) is 0 Å². The first-order chi connectivity index (χ1) is 25.9. The van der Waals surface area contributed by atoms with Crippen LogP contribution in [-0.4, -0.2) is 15.9 Å². The van der Waals surface area contributed by atoms with Gasteiger partial charge >= 0.3 is 0 Å². The number of rotatable bonds is 11. The van der Waals surface area contributed by atoms with Crippen LogP contribution in [0.3, 0.4) is 0 Å². The molecule has 0 saturated heterocycles. The Bertz CT molecular complexity index is 2340. The van der Waals surface area contributed by atoms with Gasteiger partial charge in [-0.3, -0.25) is 9.78 Å². The molecule has 1 N–H and O–H groups in total. The number of benzene rings is 3. The number of pyridine rings is 1. The van der Waals surface area contributed by atoms with E-state index in [1.807, 2.05) is 65.1 Å². The molecule has 3 aromatic heterocycles. The number of fused-ring (bicyclic) bond motifs is 3. The molecule has 0 amide bonds. The Morgan fingerprint density at radius 1 is 0.875 bits per heavy atom. The number of furan rings is 1. The van der Waals surface area contributed by atoms with Gasteiger partial charge in [0, 0.05) is 69.4 Å². The summed E-state index contributed by atoms with van der Waals surface area (Å²) in [6.45, 7) is 27.9. The van der Waals surface area contributed by atoms with Crippen LogP contribution in [0.4, 0.5) is 0 Å². The zero-order valence-corrected chi connectivity index (χ0v) is 39.1. The van der Waals surface area contributed by atoms with E-state index < -0.39 is 0 Å². The van der Waals surface area contributed by atoms with Crippen LogP contribution in [0.1, 0.15) is 123 Å². The third-order valence-corrected chi connectivity index (χ3v) is 13.5. The summed E-state index contributed by atoms with van der Waals surface area (Å²) in [5.41, 5.74) is 7.16. The number of carbonyl (C=O) groups excluding carboxylic acids is 1. The van der Waals surface area contributed by atoms with Crippen LogP contribution in [-0.2, 0) is 36.7 Å². The van der Waals surface area contributed by atoms with Crippen molar-refractivity contribution in [2.24, 2.45) is 16.7 Å². The molecule has 0 spiro atoms. The van der Waals surface area contributed by atoms with Crippen molar-refractivity contribution in [2.75, 3.05) is 0 Å². The van der Waals surface area contributed by atoms with Crippen LogP contribution < -0.4 is 0 Å². The molecule has 0 aliphatic heterocycles. The number of hydrogen-bond acceptors (Lipinski definition) is 5. The summed E-state index contributed by atoms with van der Waals surface area (Å²) >= 11 is 1.92. The fraction of sp³-hybridized carbons (Fsp3) is 0.440. The molecule has 0 bridgehead atoms. The van der Waals surface area contributed by atoms with Crippen molar-refractivity contribution in [1.82, 2.24) is 4.98 Å². The molecule has 0 aliphatic rings. The summed E-state index contributed by atoms with van der Waals surface area (Å²) in [6.07, 6.45) is 7.73. The number of allylic oxidation sites excluding steroid dienone is 2. The van der Waals surface area contributed by atoms with E-state index >= 15 is 0 Å². The first kappa shape index (κ1) is 45.1. The van der Waals surface area contributed by atoms with E-state index in [0.29, 0.717) is 5.92 Å². The molecule has 6 rings (SSSR count). The summed E-state index contributed by atoms with van der Waals surface area (Å²) < 4.78 is 7.86. The van der Waals surface area contributed by atoms with Gasteiger partial charge in [-0.1, -0.05) is 117 Å². The molecule has 56 heavy (non-hydrogen) atoms. The van der Waals surface area contributed by atoms with Crippen LogP contribution in [0.2, 0.25) is 0 Å². The van der Waals surface area contributed by atoms with Crippen LogP contribution in [0.5, 0.6) is 0 Å². The fourth-order valence-electron chi connectivity index (χ4n) is 7.32. The van der Waals surface area contributed by atoms with E-state index in [9.17, 15) is 9.90 Å². The Labute approximate surface area is 353 Å². The van der Waals surface area contributed by atoms with E-state index in [1.165, 1.54) is 37.6 Å². The van der Waals surface area contributed by atoms with Gasteiger partial charge in [-0.05, 0) is 85.9 Å². The topological polar surface area (TPSA) is 63.3 Å². The second kappa shape index (κ2) is 17.9. The number of thiophene rings is 1. The average molecular weight is 949 g/mol. The summed E-state index contributed by atoms with van der Waals surface area (Å²) in [6, 6.07) is 23.2. The molecule has 0 aliphatic carbocycles. The maximum atomic E-state index is 12.2. The first-order valence-corrected chi connectivity index (χ1v) is 21.0. The van der Waals surface area contributed by atoms with Gasteiger partial charge in [-0.2, -0.15) is 0 Å². The molecule has 1 radical (unpaired) electrons. The molecule has 301 valence electrons. The van der Waals surface area contributed by atoms with Crippen LogP contribution in [0.25, 0.3) is 54.4 Å². The Morgan fingerprint density at radius 3 is 2.12 bits per heavy atom. The molecular formula is C50H62IrNO3S-. The van der Waals surface area contributed by atoms with Crippen LogP contribution in [0, 0.1) is 36.7 Å². The number of nitrogens with zero attached hydrogens (tertiary/aromatic N) is 1. The van der Waals surface area contributed by atoms with E-state index in [-0.39, 0.29) is 47.9 Å². The maximum Gasteiger partial charge on any atom is 0.164 e. The third-order valence-electron chi connectivity index (χ3n) is 12.2. The molecule has 0 fully saturated rings. The van der Waals surface area contributed by atoms with Gasteiger partial charge in [-0.25, -0.2) is 0 Å². The van der Waals surface area contributed by atoms with Crippen LogP contribution in [0.15, 0.2) is 77.0 Å². The number of hydrogen-bond donors (Lipinski definition) is 1. The summed E-state index contributed by atoms with van der Waals surface area (Å²) in [7, 11) is 0. The molecule has 4 nitrogen and oxygen atoms in total. The van der Waals surface area contributed by atoms with E-state index in [1.54, 1.807) is 0 Å². The predicted octanol–water partition coefficient (Wildman–Crippen LogP) is 15.1. The quantitative estimate of drug-likeness (QED) is 0.0798. The number of aliphatic hydroxyl groups excluding tert-OH is 1. The Balaban J connectivity index is 0.000000330. The molecule has 3 aromatic carbocycles. The van der Waals surface area contributed by atoms with Crippen molar-refractivity contribution in [3.63, 3.8) is 0 Å². The predicted molar refractivity (Wildman–Crippen MR) is 236 cm³/mol. The normalized spacial score (nSPS) is 12.6. The fourth-order valence-corrected chi connectivity index (χ4v) is 8.78. The third kappa shape index (κ3) is 9.09. The Kier molecular flexibility index (Phi) is 14.4. The average Bonchev–Trinajstić information content (AvgIpc) is 3.67. The van der Waals surface area contributed by atoms with Gasteiger partial charge in [0.2, 0.25) is 0 Å². The Hall–Kier alpha value is -3.57. The molecule has 0 saturated carbocycles. The SMILES string of the molecule is CCC(C)(CC)C(=O)/C=C(\O)C(C)(CC)CC.Cc1c(CC(C)C)sc2cc(-c3oc4ccnc(-c5[c-]c6ccccc6c(C(C)(C)C)c5)c4c3C)ccc12.[Ir]. The molecule has 6 aromatic rings. The monoisotopic (exact) mass is 949 g/mol. The van der Waals surface area contributed by atoms with Gasteiger partial charge in [0.1, 0.15) is 17.1 Å². The van der Waals surface area contributed by atoms with Crippen LogP contribution >= 0.6 is 11.3 Å². The molecular weight excluding hydrogens is 887 g/mol. The first-order valence-electron chi connectivity index (χ1n) is 20.2. The minimum atomic E-state index is -0.337. The van der Waals surface area contributed by atoms with Crippen molar-refractivity contribution in [3.05, 3.63) is 100 Å². The molecule has 6 heteroatoms. The Morgan fingerprint density at radius 2 is 1.52 bits per heavy atom. The second-order valence-corrected chi connectivity index (χ2v) is 18.5. The molecule has 0 unspecified atom stereocenters. The minimum Gasteiger partial charge on any atom is -0.512 e. The van der Waals surface area contributed by atoms with E-state index in [0.717, 1.165) is 76.6 Å². The minimum absolute atomic E-state index is 0. The number of ketones is 1. The van der Waals surface area contributed by atoms with E-state index in [2.05, 4.69) is 103 Å². The number of aromatic nitrogens is 1. The summed E-state index contributed by atoms with van der Waals surface area (Å²) in [5, 5.41) is 14.9. The number of carbonyl (C=O) groups is 1. The van der Waals surface area contributed by atoms with E-state index in [4.69, 9.17) is 9.40 Å². The van der Waals surface area contributed by atoms with Crippen molar-refractivity contribution in [3.8, 4) is 22.6 Å². The summed E-state index contributed by atoms with van der Waals surface area (Å²) in [5.74, 6) is 1.86. The number of aliphatic hydroxyl groups is 1. The van der Waals surface area contributed by atoms with Gasteiger partial charge < -0.3 is 9.52 Å².